The highest BCUT2D eigenvalue weighted by molar-refractivity contribution is 6.00. The molecule has 228 valence electrons. The van der Waals surface area contributed by atoms with E-state index in [0.29, 0.717) is 17.2 Å². The summed E-state index contributed by atoms with van der Waals surface area (Å²) in [5, 5.41) is 15.0. The van der Waals surface area contributed by atoms with Crippen molar-refractivity contribution in [1.82, 2.24) is 9.80 Å². The number of halogens is 3. The van der Waals surface area contributed by atoms with E-state index in [4.69, 9.17) is 14.2 Å². The lowest BCUT2D eigenvalue weighted by Gasteiger charge is -2.38. The Morgan fingerprint density at radius 1 is 1.10 bits per heavy atom. The van der Waals surface area contributed by atoms with Crippen molar-refractivity contribution in [3.05, 3.63) is 42.0 Å². The summed E-state index contributed by atoms with van der Waals surface area (Å²) in [5.74, 6) is -0.339. The summed E-state index contributed by atoms with van der Waals surface area (Å²) in [6.07, 6.45) is -7.11. The average Bonchev–Trinajstić information content (AvgIpc) is 3.41. The van der Waals surface area contributed by atoms with Crippen LogP contribution in [0, 0.1) is 5.92 Å². The second-order valence-electron chi connectivity index (χ2n) is 10.4. The average molecular weight is 595 g/mol. The lowest BCUT2D eigenvalue weighted by molar-refractivity contribution is -0.142. The maximum absolute atomic E-state index is 13.5. The van der Waals surface area contributed by atoms with Crippen molar-refractivity contribution in [3.63, 3.8) is 0 Å². The molecule has 4 rings (SSSR count). The van der Waals surface area contributed by atoms with Crippen molar-refractivity contribution in [1.29, 1.82) is 0 Å². The zero-order valence-corrected chi connectivity index (χ0v) is 23.4. The molecule has 2 aliphatic heterocycles. The van der Waals surface area contributed by atoms with Crippen LogP contribution in [0.3, 0.4) is 0 Å². The van der Waals surface area contributed by atoms with Crippen LogP contribution in [0.5, 0.6) is 17.2 Å². The standard InChI is InChI=1S/C28H33F3N4O7/c1-16-12-35(17(2)14-36)26(38)20-10-18(32-25(37)8-9-28(29,30)31)4-6-21(20)42-24(16)13-34(3)27(39)33-19-5-7-22-23(11-19)41-15-40-22/h4-7,10-11,16-17,24,36H,8-9,12-15H2,1-3H3,(H,32,37)(H,33,39)/t16-,17-,24-/m1/s1. The Hall–Kier alpha value is -4.20. The molecule has 42 heavy (non-hydrogen) atoms. The maximum atomic E-state index is 13.5. The predicted octanol–water partition coefficient (Wildman–Crippen LogP) is 4.08. The number of benzene rings is 2. The quantitative estimate of drug-likeness (QED) is 0.420. The molecule has 0 radical (unpaired) electrons. The van der Waals surface area contributed by atoms with Crippen LogP contribution in [-0.2, 0) is 4.79 Å². The molecular weight excluding hydrogens is 561 g/mol. The molecule has 11 nitrogen and oxygen atoms in total. The number of aliphatic hydroxyl groups excluding tert-OH is 1. The van der Waals surface area contributed by atoms with Crippen LogP contribution < -0.4 is 24.8 Å². The van der Waals surface area contributed by atoms with Crippen molar-refractivity contribution in [2.24, 2.45) is 5.92 Å². The lowest BCUT2D eigenvalue weighted by atomic mass is 9.99. The first-order valence-electron chi connectivity index (χ1n) is 13.4. The number of fused-ring (bicyclic) bond motifs is 2. The van der Waals surface area contributed by atoms with E-state index in [0.717, 1.165) is 0 Å². The molecular formula is C28H33F3N4O7. The van der Waals surface area contributed by atoms with Crippen LogP contribution in [0.15, 0.2) is 36.4 Å². The van der Waals surface area contributed by atoms with Gasteiger partial charge in [-0.15, -0.1) is 0 Å². The third-order valence-corrected chi connectivity index (χ3v) is 7.01. The first kappa shape index (κ1) is 30.8. The van der Waals surface area contributed by atoms with Gasteiger partial charge in [-0.3, -0.25) is 9.59 Å². The number of carbonyl (C=O) groups excluding carboxylic acids is 3. The largest absolute Gasteiger partial charge is 0.487 e. The van der Waals surface area contributed by atoms with Crippen molar-refractivity contribution in [3.8, 4) is 17.2 Å². The van der Waals surface area contributed by atoms with E-state index in [1.54, 1.807) is 32.2 Å². The van der Waals surface area contributed by atoms with E-state index in [9.17, 15) is 32.7 Å². The first-order valence-corrected chi connectivity index (χ1v) is 13.4. The molecule has 0 bridgehead atoms. The van der Waals surface area contributed by atoms with Gasteiger partial charge in [0.15, 0.2) is 11.5 Å². The van der Waals surface area contributed by atoms with Crippen LogP contribution in [0.25, 0.3) is 0 Å². The smallest absolute Gasteiger partial charge is 0.389 e. The Bertz CT molecular complexity index is 1320. The minimum absolute atomic E-state index is 0.0632. The molecule has 2 aromatic rings. The fourth-order valence-corrected chi connectivity index (χ4v) is 4.54. The molecule has 0 spiro atoms. The topological polar surface area (TPSA) is 130 Å². The first-order chi connectivity index (χ1) is 19.8. The summed E-state index contributed by atoms with van der Waals surface area (Å²) in [6, 6.07) is 8.26. The highest BCUT2D eigenvalue weighted by atomic mass is 19.4. The van der Waals surface area contributed by atoms with Crippen LogP contribution in [-0.4, -0.2) is 84.6 Å². The molecule has 3 atom stereocenters. The zero-order chi connectivity index (χ0) is 30.6. The fourth-order valence-electron chi connectivity index (χ4n) is 4.54. The highest BCUT2D eigenvalue weighted by Gasteiger charge is 2.34. The number of anilines is 2. The van der Waals surface area contributed by atoms with Gasteiger partial charge in [-0.2, -0.15) is 13.2 Å². The molecule has 2 aromatic carbocycles. The number of hydrogen-bond acceptors (Lipinski definition) is 7. The van der Waals surface area contributed by atoms with Gasteiger partial charge in [-0.25, -0.2) is 4.79 Å². The van der Waals surface area contributed by atoms with E-state index in [1.807, 2.05) is 6.92 Å². The van der Waals surface area contributed by atoms with Gasteiger partial charge in [-0.1, -0.05) is 6.92 Å². The van der Waals surface area contributed by atoms with E-state index in [2.05, 4.69) is 10.6 Å². The van der Waals surface area contributed by atoms with Crippen LogP contribution in [0.4, 0.5) is 29.3 Å². The normalized spacial score (nSPS) is 18.7. The Morgan fingerprint density at radius 3 is 2.45 bits per heavy atom. The summed E-state index contributed by atoms with van der Waals surface area (Å²) in [7, 11) is 1.59. The number of nitrogens with one attached hydrogen (secondary N) is 2. The molecule has 2 aliphatic rings. The molecule has 0 unspecified atom stereocenters. The summed E-state index contributed by atoms with van der Waals surface area (Å²) in [6.45, 7) is 3.64. The molecule has 2 heterocycles. The van der Waals surface area contributed by atoms with Gasteiger partial charge >= 0.3 is 12.2 Å². The SMILES string of the molecule is C[C@@H]1CN([C@H](C)CO)C(=O)c2cc(NC(=O)CCC(F)(F)F)ccc2O[C@@H]1CN(C)C(=O)Nc1ccc2c(c1)OCO2. The van der Waals surface area contributed by atoms with E-state index >= 15 is 0 Å². The summed E-state index contributed by atoms with van der Waals surface area (Å²) in [5.41, 5.74) is 0.694. The molecule has 0 aromatic heterocycles. The van der Waals surface area contributed by atoms with Gasteiger partial charge in [0, 0.05) is 43.4 Å². The summed E-state index contributed by atoms with van der Waals surface area (Å²) in [4.78, 5) is 41.5. The van der Waals surface area contributed by atoms with Gasteiger partial charge < -0.3 is 39.8 Å². The maximum Gasteiger partial charge on any atom is 0.389 e. The van der Waals surface area contributed by atoms with Crippen LogP contribution >= 0.6 is 0 Å². The third kappa shape index (κ3) is 7.55. The molecule has 0 aliphatic carbocycles. The van der Waals surface area contributed by atoms with E-state index in [-0.39, 0.29) is 49.4 Å². The number of rotatable bonds is 8. The Labute approximate surface area is 240 Å². The van der Waals surface area contributed by atoms with Gasteiger partial charge in [0.1, 0.15) is 11.9 Å². The van der Waals surface area contributed by atoms with Crippen molar-refractivity contribution >= 4 is 29.2 Å². The molecule has 3 N–H and O–H groups in total. The predicted molar refractivity (Wildman–Crippen MR) is 146 cm³/mol. The number of aliphatic hydroxyl groups is 1. The third-order valence-electron chi connectivity index (χ3n) is 7.01. The van der Waals surface area contributed by atoms with Gasteiger partial charge in [0.05, 0.1) is 31.2 Å². The molecule has 0 saturated carbocycles. The minimum Gasteiger partial charge on any atom is -0.487 e. The number of nitrogens with zero attached hydrogens (tertiary/aromatic N) is 2. The van der Waals surface area contributed by atoms with Crippen LogP contribution in [0.2, 0.25) is 0 Å². The number of urea groups is 1. The molecule has 4 amide bonds. The molecule has 0 fully saturated rings. The van der Waals surface area contributed by atoms with Gasteiger partial charge in [-0.05, 0) is 37.3 Å². The number of carbonyl (C=O) groups is 3. The number of alkyl halides is 3. The van der Waals surface area contributed by atoms with E-state index in [1.165, 1.54) is 28.0 Å². The zero-order valence-electron chi connectivity index (χ0n) is 23.4. The summed E-state index contributed by atoms with van der Waals surface area (Å²) < 4.78 is 54.5. The Kier molecular flexibility index (Phi) is 9.34. The monoisotopic (exact) mass is 594 g/mol. The number of hydrogen-bond donors (Lipinski definition) is 3. The highest BCUT2D eigenvalue weighted by Crippen LogP contribution is 2.35. The molecule has 0 saturated heterocycles. The second kappa shape index (κ2) is 12.8. The lowest BCUT2D eigenvalue weighted by Crippen LogP contribution is -2.50. The summed E-state index contributed by atoms with van der Waals surface area (Å²) >= 11 is 0. The van der Waals surface area contributed by atoms with Gasteiger partial charge in [0.2, 0.25) is 12.7 Å². The van der Waals surface area contributed by atoms with Gasteiger partial charge in [0.25, 0.3) is 5.91 Å². The number of amides is 4. The Morgan fingerprint density at radius 2 is 1.76 bits per heavy atom. The molecule has 14 heteroatoms. The van der Waals surface area contributed by atoms with E-state index < -0.39 is 49.0 Å². The van der Waals surface area contributed by atoms with Crippen molar-refractivity contribution < 1.29 is 46.9 Å². The fraction of sp³-hybridized carbons (Fsp3) is 0.464. The second-order valence-corrected chi connectivity index (χ2v) is 10.4. The number of ether oxygens (including phenoxy) is 3. The number of likely N-dealkylation sites (N-methyl/N-ethyl adjacent to an activating group) is 1. The van der Waals surface area contributed by atoms with Crippen molar-refractivity contribution in [2.75, 3.05) is 44.2 Å². The minimum atomic E-state index is -4.48. The Balaban J connectivity index is 1.52. The van der Waals surface area contributed by atoms with Crippen molar-refractivity contribution in [2.45, 2.75) is 45.0 Å². The van der Waals surface area contributed by atoms with Crippen LogP contribution in [0.1, 0.15) is 37.0 Å².